The van der Waals surface area contributed by atoms with E-state index in [0.717, 1.165) is 18.5 Å². The summed E-state index contributed by atoms with van der Waals surface area (Å²) < 4.78 is 0. The number of nitrogens with zero attached hydrogens (tertiary/aromatic N) is 1. The molecule has 3 nitrogen and oxygen atoms in total. The van der Waals surface area contributed by atoms with Gasteiger partial charge in [0.1, 0.15) is 6.07 Å². The van der Waals surface area contributed by atoms with E-state index in [1.807, 2.05) is 6.07 Å². The summed E-state index contributed by atoms with van der Waals surface area (Å²) in [5, 5.41) is 12.8. The molecule has 0 bridgehead atoms. The molecular formula is C13H16ClN3. The molecule has 4 heteroatoms. The van der Waals surface area contributed by atoms with Gasteiger partial charge in [0.2, 0.25) is 0 Å². The maximum absolute atomic E-state index is 8.82. The van der Waals surface area contributed by atoms with E-state index in [-0.39, 0.29) is 5.54 Å². The highest BCUT2D eigenvalue weighted by atomic mass is 35.5. The summed E-state index contributed by atoms with van der Waals surface area (Å²) in [5.41, 5.74) is 7.33. The summed E-state index contributed by atoms with van der Waals surface area (Å²) >= 11 is 6.01. The number of benzene rings is 1. The number of halogens is 1. The third-order valence-corrected chi connectivity index (χ3v) is 3.76. The standard InChI is InChI=1S/C13H16ClN3/c14-12-7-11(4-3-10(12)8-15)17-13(9-16)5-1-2-6-13/h3-4,7,17H,1-2,5-6,9,16H2. The quantitative estimate of drug-likeness (QED) is 0.866. The molecular weight excluding hydrogens is 234 g/mol. The number of nitriles is 1. The number of hydrogen-bond donors (Lipinski definition) is 2. The second-order valence-electron chi connectivity index (χ2n) is 4.62. The maximum Gasteiger partial charge on any atom is 0.101 e. The van der Waals surface area contributed by atoms with Crippen molar-refractivity contribution in [3.63, 3.8) is 0 Å². The Balaban J connectivity index is 2.19. The molecule has 0 saturated heterocycles. The molecule has 3 N–H and O–H groups in total. The van der Waals surface area contributed by atoms with E-state index in [2.05, 4.69) is 11.4 Å². The van der Waals surface area contributed by atoms with Gasteiger partial charge in [-0.2, -0.15) is 5.26 Å². The van der Waals surface area contributed by atoms with Gasteiger partial charge in [-0.1, -0.05) is 24.4 Å². The molecule has 0 heterocycles. The minimum atomic E-state index is 0.0114. The Kier molecular flexibility index (Phi) is 3.56. The average Bonchev–Trinajstić information content (AvgIpc) is 2.79. The average molecular weight is 250 g/mol. The van der Waals surface area contributed by atoms with Gasteiger partial charge in [-0.3, -0.25) is 0 Å². The van der Waals surface area contributed by atoms with Crippen LogP contribution in [0.3, 0.4) is 0 Å². The van der Waals surface area contributed by atoms with Crippen molar-refractivity contribution < 1.29 is 0 Å². The van der Waals surface area contributed by atoms with Crippen molar-refractivity contribution in [3.05, 3.63) is 28.8 Å². The number of nitrogens with two attached hydrogens (primary N) is 1. The van der Waals surface area contributed by atoms with Crippen LogP contribution in [0.5, 0.6) is 0 Å². The molecule has 0 aromatic heterocycles. The van der Waals surface area contributed by atoms with E-state index in [9.17, 15) is 0 Å². The first-order valence-electron chi connectivity index (χ1n) is 5.87. The molecule has 0 atom stereocenters. The van der Waals surface area contributed by atoms with Crippen molar-refractivity contribution in [3.8, 4) is 6.07 Å². The topological polar surface area (TPSA) is 61.8 Å². The summed E-state index contributed by atoms with van der Waals surface area (Å²) in [4.78, 5) is 0. The van der Waals surface area contributed by atoms with Gasteiger partial charge in [-0.05, 0) is 31.0 Å². The fraction of sp³-hybridized carbons (Fsp3) is 0.462. The normalized spacial score (nSPS) is 17.7. The molecule has 0 aliphatic heterocycles. The van der Waals surface area contributed by atoms with E-state index in [0.29, 0.717) is 17.1 Å². The van der Waals surface area contributed by atoms with Gasteiger partial charge >= 0.3 is 0 Å². The molecule has 90 valence electrons. The predicted molar refractivity (Wildman–Crippen MR) is 70.0 cm³/mol. The van der Waals surface area contributed by atoms with Gasteiger partial charge in [0.25, 0.3) is 0 Å². The molecule has 0 amide bonds. The first kappa shape index (κ1) is 12.2. The summed E-state index contributed by atoms with van der Waals surface area (Å²) in [6.45, 7) is 0.630. The molecule has 1 aliphatic rings. The SMILES string of the molecule is N#Cc1ccc(NC2(CN)CCCC2)cc1Cl. The molecule has 17 heavy (non-hydrogen) atoms. The fourth-order valence-corrected chi connectivity index (χ4v) is 2.64. The second-order valence-corrected chi connectivity index (χ2v) is 5.03. The highest BCUT2D eigenvalue weighted by molar-refractivity contribution is 6.32. The Bertz CT molecular complexity index is 444. The Morgan fingerprint density at radius 3 is 2.65 bits per heavy atom. The first-order valence-corrected chi connectivity index (χ1v) is 6.25. The molecule has 1 aromatic rings. The van der Waals surface area contributed by atoms with Gasteiger partial charge in [-0.25, -0.2) is 0 Å². The third kappa shape index (κ3) is 2.54. The monoisotopic (exact) mass is 249 g/mol. The van der Waals surface area contributed by atoms with E-state index < -0.39 is 0 Å². The highest BCUT2D eigenvalue weighted by Gasteiger charge is 2.32. The molecule has 1 aromatic carbocycles. The molecule has 1 fully saturated rings. The van der Waals surface area contributed by atoms with Crippen molar-refractivity contribution in [1.82, 2.24) is 0 Å². The van der Waals surface area contributed by atoms with Crippen LogP contribution < -0.4 is 11.1 Å². The summed E-state index contributed by atoms with van der Waals surface area (Å²) in [6, 6.07) is 7.49. The van der Waals surface area contributed by atoms with Gasteiger partial charge in [0.15, 0.2) is 0 Å². The van der Waals surface area contributed by atoms with Gasteiger partial charge in [0, 0.05) is 17.8 Å². The zero-order chi connectivity index (χ0) is 12.3. The predicted octanol–water partition coefficient (Wildman–Crippen LogP) is 2.90. The fourth-order valence-electron chi connectivity index (χ4n) is 2.42. The van der Waals surface area contributed by atoms with Crippen LogP contribution in [0, 0.1) is 11.3 Å². The molecule has 0 unspecified atom stereocenters. The molecule has 1 aliphatic carbocycles. The highest BCUT2D eigenvalue weighted by Crippen LogP contribution is 2.33. The lowest BCUT2D eigenvalue weighted by Gasteiger charge is -2.30. The Morgan fingerprint density at radius 2 is 2.12 bits per heavy atom. The van der Waals surface area contributed by atoms with Crippen molar-refractivity contribution in [2.75, 3.05) is 11.9 Å². The van der Waals surface area contributed by atoms with Crippen molar-refractivity contribution in [2.45, 2.75) is 31.2 Å². The summed E-state index contributed by atoms with van der Waals surface area (Å²) in [5.74, 6) is 0. The zero-order valence-electron chi connectivity index (χ0n) is 9.67. The van der Waals surface area contributed by atoms with E-state index in [4.69, 9.17) is 22.6 Å². The van der Waals surface area contributed by atoms with E-state index in [1.54, 1.807) is 12.1 Å². The largest absolute Gasteiger partial charge is 0.378 e. The summed E-state index contributed by atoms with van der Waals surface area (Å²) in [6.07, 6.45) is 4.63. The van der Waals surface area contributed by atoms with Crippen molar-refractivity contribution in [2.24, 2.45) is 5.73 Å². The minimum Gasteiger partial charge on any atom is -0.378 e. The van der Waals surface area contributed by atoms with Crippen molar-refractivity contribution in [1.29, 1.82) is 5.26 Å². The minimum absolute atomic E-state index is 0.0114. The van der Waals surface area contributed by atoms with Crippen LogP contribution in [-0.2, 0) is 0 Å². The van der Waals surface area contributed by atoms with Crippen LogP contribution in [0.15, 0.2) is 18.2 Å². The molecule has 2 rings (SSSR count). The van der Waals surface area contributed by atoms with Crippen molar-refractivity contribution >= 4 is 17.3 Å². The maximum atomic E-state index is 8.82. The molecule has 0 spiro atoms. The van der Waals surface area contributed by atoms with Crippen LogP contribution in [0.1, 0.15) is 31.2 Å². The third-order valence-electron chi connectivity index (χ3n) is 3.45. The Hall–Kier alpha value is -1.24. The molecule has 1 saturated carbocycles. The van der Waals surface area contributed by atoms with E-state index >= 15 is 0 Å². The van der Waals surface area contributed by atoms with Crippen LogP contribution in [0.4, 0.5) is 5.69 Å². The van der Waals surface area contributed by atoms with Crippen LogP contribution in [0.25, 0.3) is 0 Å². The lowest BCUT2D eigenvalue weighted by Crippen LogP contribution is -2.42. The van der Waals surface area contributed by atoms with Crippen LogP contribution in [-0.4, -0.2) is 12.1 Å². The molecule has 0 radical (unpaired) electrons. The van der Waals surface area contributed by atoms with Crippen LogP contribution in [0.2, 0.25) is 5.02 Å². The number of rotatable bonds is 3. The number of nitrogens with one attached hydrogen (secondary N) is 1. The second kappa shape index (κ2) is 4.95. The van der Waals surface area contributed by atoms with Gasteiger partial charge < -0.3 is 11.1 Å². The van der Waals surface area contributed by atoms with Gasteiger partial charge in [-0.15, -0.1) is 0 Å². The Labute approximate surface area is 107 Å². The lowest BCUT2D eigenvalue weighted by atomic mass is 9.97. The van der Waals surface area contributed by atoms with Gasteiger partial charge in [0.05, 0.1) is 10.6 Å². The summed E-state index contributed by atoms with van der Waals surface area (Å²) in [7, 11) is 0. The number of hydrogen-bond acceptors (Lipinski definition) is 3. The van der Waals surface area contributed by atoms with Crippen LogP contribution >= 0.6 is 11.6 Å². The lowest BCUT2D eigenvalue weighted by molar-refractivity contribution is 0.493. The van der Waals surface area contributed by atoms with E-state index in [1.165, 1.54) is 12.8 Å². The first-order chi connectivity index (χ1) is 8.19. The number of anilines is 1. The Morgan fingerprint density at radius 1 is 1.41 bits per heavy atom. The smallest absolute Gasteiger partial charge is 0.101 e. The zero-order valence-corrected chi connectivity index (χ0v) is 10.4.